The van der Waals surface area contributed by atoms with Crippen LogP contribution in [0.3, 0.4) is 0 Å². The fraction of sp³-hybridized carbons (Fsp3) is 0.730. The molecule has 0 aliphatic carbocycles. The SMILES string of the molecule is CC(C)C#N.CCC(C)C(=O)O.CCC(C)c1ccccc1.CCCCCCCCCCCCOC(=O)C(=O)C(C)CC. The molecule has 0 saturated heterocycles. The number of esters is 1. The van der Waals surface area contributed by atoms with E-state index in [4.69, 9.17) is 15.1 Å². The Balaban J connectivity index is -0.000000594. The molecule has 43 heavy (non-hydrogen) atoms. The van der Waals surface area contributed by atoms with Crippen molar-refractivity contribution in [3.05, 3.63) is 35.9 Å². The van der Waals surface area contributed by atoms with Gasteiger partial charge in [-0.15, -0.1) is 0 Å². The molecule has 6 heteroatoms. The molecule has 0 radical (unpaired) electrons. The maximum atomic E-state index is 11.5. The van der Waals surface area contributed by atoms with Crippen LogP contribution >= 0.6 is 0 Å². The predicted molar refractivity (Wildman–Crippen MR) is 180 cm³/mol. The lowest BCUT2D eigenvalue weighted by Gasteiger charge is -2.07. The number of benzene rings is 1. The third kappa shape index (κ3) is 30.6. The molecular formula is C37H65NO5. The van der Waals surface area contributed by atoms with Crippen LogP contribution in [0.2, 0.25) is 0 Å². The van der Waals surface area contributed by atoms with Crippen molar-refractivity contribution in [2.45, 2.75) is 152 Å². The van der Waals surface area contributed by atoms with Crippen molar-refractivity contribution in [3.8, 4) is 6.07 Å². The van der Waals surface area contributed by atoms with Gasteiger partial charge in [0.1, 0.15) is 0 Å². The van der Waals surface area contributed by atoms with Gasteiger partial charge in [-0.25, -0.2) is 4.79 Å². The lowest BCUT2D eigenvalue weighted by molar-refractivity contribution is -0.155. The summed E-state index contributed by atoms with van der Waals surface area (Å²) in [6.07, 6.45) is 15.1. The second-order valence-electron chi connectivity index (χ2n) is 11.6. The second-order valence-corrected chi connectivity index (χ2v) is 11.6. The number of ketones is 1. The number of aliphatic carboxylic acids is 1. The quantitative estimate of drug-likeness (QED) is 0.102. The van der Waals surface area contributed by atoms with Crippen LogP contribution in [0.1, 0.15) is 157 Å². The molecule has 0 spiro atoms. The van der Waals surface area contributed by atoms with E-state index in [0.29, 0.717) is 18.9 Å². The zero-order valence-corrected chi connectivity index (χ0v) is 29.1. The molecule has 1 rings (SSSR count). The summed E-state index contributed by atoms with van der Waals surface area (Å²) in [5.74, 6) is -1.24. The van der Waals surface area contributed by atoms with E-state index in [-0.39, 0.29) is 23.5 Å². The number of Topliss-reactive ketones (excluding diaryl/α,β-unsaturated/α-hetero) is 1. The third-order valence-corrected chi connectivity index (χ3v) is 7.27. The van der Waals surface area contributed by atoms with Crippen LogP contribution in [0.15, 0.2) is 30.3 Å². The topological polar surface area (TPSA) is 104 Å². The lowest BCUT2D eigenvalue weighted by atomic mass is 9.99. The molecule has 0 fully saturated rings. The van der Waals surface area contributed by atoms with Gasteiger partial charge in [-0.1, -0.05) is 137 Å². The summed E-state index contributed by atoms with van der Waals surface area (Å²) in [7, 11) is 0. The zero-order valence-electron chi connectivity index (χ0n) is 29.1. The van der Waals surface area contributed by atoms with Gasteiger partial charge in [0.25, 0.3) is 0 Å². The van der Waals surface area contributed by atoms with E-state index in [1.165, 1.54) is 63.4 Å². The Labute approximate surface area is 265 Å². The smallest absolute Gasteiger partial charge is 0.374 e. The van der Waals surface area contributed by atoms with Crippen molar-refractivity contribution >= 4 is 17.7 Å². The van der Waals surface area contributed by atoms with Crippen molar-refractivity contribution in [1.82, 2.24) is 0 Å². The number of nitriles is 1. The Morgan fingerprint density at radius 1 is 0.721 bits per heavy atom. The first-order chi connectivity index (χ1) is 20.4. The first-order valence-electron chi connectivity index (χ1n) is 16.8. The van der Waals surface area contributed by atoms with Gasteiger partial charge in [-0.05, 0) is 51.0 Å². The Hall–Kier alpha value is -2.68. The average Bonchev–Trinajstić information content (AvgIpc) is 3.03. The first-order valence-corrected chi connectivity index (χ1v) is 16.8. The van der Waals surface area contributed by atoms with Crippen LogP contribution in [-0.4, -0.2) is 29.4 Å². The molecule has 0 saturated carbocycles. The molecule has 0 aliphatic heterocycles. The maximum Gasteiger partial charge on any atom is 0.374 e. The lowest BCUT2D eigenvalue weighted by Crippen LogP contribution is -2.24. The highest BCUT2D eigenvalue weighted by Crippen LogP contribution is 2.17. The Bertz CT molecular complexity index is 831. The summed E-state index contributed by atoms with van der Waals surface area (Å²) in [6, 6.07) is 12.7. The number of rotatable bonds is 18. The summed E-state index contributed by atoms with van der Waals surface area (Å²) < 4.78 is 5.01. The Morgan fingerprint density at radius 3 is 1.51 bits per heavy atom. The highest BCUT2D eigenvalue weighted by Gasteiger charge is 2.20. The third-order valence-electron chi connectivity index (χ3n) is 7.27. The van der Waals surface area contributed by atoms with Gasteiger partial charge in [-0.3, -0.25) is 9.59 Å². The molecule has 1 aromatic carbocycles. The fourth-order valence-corrected chi connectivity index (χ4v) is 3.40. The van der Waals surface area contributed by atoms with Gasteiger partial charge >= 0.3 is 11.9 Å². The van der Waals surface area contributed by atoms with Crippen LogP contribution < -0.4 is 0 Å². The fourth-order valence-electron chi connectivity index (χ4n) is 3.40. The van der Waals surface area contributed by atoms with Crippen LogP contribution in [0.25, 0.3) is 0 Å². The Morgan fingerprint density at radius 2 is 1.16 bits per heavy atom. The highest BCUT2D eigenvalue weighted by atomic mass is 16.5. The van der Waals surface area contributed by atoms with E-state index >= 15 is 0 Å². The van der Waals surface area contributed by atoms with Gasteiger partial charge in [-0.2, -0.15) is 5.26 Å². The minimum Gasteiger partial charge on any atom is -0.481 e. The molecule has 3 unspecified atom stereocenters. The molecule has 6 nitrogen and oxygen atoms in total. The van der Waals surface area contributed by atoms with Gasteiger partial charge in [0.15, 0.2) is 0 Å². The normalized spacial score (nSPS) is 12.0. The van der Waals surface area contributed by atoms with E-state index in [1.807, 2.05) is 33.8 Å². The van der Waals surface area contributed by atoms with Crippen molar-refractivity contribution in [1.29, 1.82) is 5.26 Å². The van der Waals surface area contributed by atoms with E-state index < -0.39 is 11.9 Å². The first kappa shape index (κ1) is 44.8. The van der Waals surface area contributed by atoms with Crippen molar-refractivity contribution < 1.29 is 24.2 Å². The van der Waals surface area contributed by atoms with E-state index in [1.54, 1.807) is 13.8 Å². The highest BCUT2D eigenvalue weighted by molar-refractivity contribution is 6.34. The number of nitrogens with zero attached hydrogens (tertiary/aromatic N) is 1. The van der Waals surface area contributed by atoms with Gasteiger partial charge in [0.2, 0.25) is 5.78 Å². The standard InChI is InChI=1S/C18H34O3.C10H14.C5H10O2.C4H7N/c1-4-6-7-8-9-10-11-12-13-14-15-21-18(20)17(19)16(3)5-2;1-3-9(2)10-7-5-4-6-8-10;1-3-4(2)5(6)7;1-4(2)3-5/h16H,4-15H2,1-3H3;4-9H,3H2,1-2H3;4H,3H2,1-2H3,(H,6,7);4H,1-2H3. The molecule has 248 valence electrons. The molecule has 0 heterocycles. The van der Waals surface area contributed by atoms with Crippen LogP contribution in [-0.2, 0) is 19.1 Å². The summed E-state index contributed by atoms with van der Waals surface area (Å²) in [5.41, 5.74) is 1.45. The van der Waals surface area contributed by atoms with Gasteiger partial charge in [0.05, 0.1) is 18.6 Å². The molecule has 0 bridgehead atoms. The number of ether oxygens (including phenoxy) is 1. The average molecular weight is 604 g/mol. The minimum atomic E-state index is -0.706. The van der Waals surface area contributed by atoms with Gasteiger partial charge in [0, 0.05) is 11.8 Å². The van der Waals surface area contributed by atoms with E-state index in [0.717, 1.165) is 19.3 Å². The number of carboxylic acids is 1. The molecule has 0 aromatic heterocycles. The van der Waals surface area contributed by atoms with Crippen LogP contribution in [0, 0.1) is 29.1 Å². The van der Waals surface area contributed by atoms with E-state index in [9.17, 15) is 14.4 Å². The molecule has 3 atom stereocenters. The number of hydrogen-bond donors (Lipinski definition) is 1. The van der Waals surface area contributed by atoms with Crippen LogP contribution in [0.4, 0.5) is 0 Å². The second kappa shape index (κ2) is 32.2. The largest absolute Gasteiger partial charge is 0.481 e. The summed E-state index contributed by atoms with van der Waals surface area (Å²) >= 11 is 0. The minimum absolute atomic E-state index is 0.181. The molecular weight excluding hydrogens is 538 g/mol. The zero-order chi connectivity index (χ0) is 33.5. The number of carboxylic acid groups (broad SMARTS) is 1. The van der Waals surface area contributed by atoms with Gasteiger partial charge < -0.3 is 9.84 Å². The number of carbonyl (C=O) groups excluding carboxylic acids is 2. The molecule has 0 aliphatic rings. The number of hydrogen-bond acceptors (Lipinski definition) is 5. The van der Waals surface area contributed by atoms with Crippen molar-refractivity contribution in [2.75, 3.05) is 6.61 Å². The number of unbranched alkanes of at least 4 members (excludes halogenated alkanes) is 9. The summed E-state index contributed by atoms with van der Waals surface area (Å²) in [6.45, 7) is 18.1. The number of carbonyl (C=O) groups is 3. The monoisotopic (exact) mass is 603 g/mol. The molecule has 0 amide bonds. The summed E-state index contributed by atoms with van der Waals surface area (Å²) in [5, 5.41) is 16.1. The molecule has 1 aromatic rings. The summed E-state index contributed by atoms with van der Waals surface area (Å²) in [4.78, 5) is 32.9. The van der Waals surface area contributed by atoms with Crippen molar-refractivity contribution in [3.63, 3.8) is 0 Å². The predicted octanol–water partition coefficient (Wildman–Crippen LogP) is 10.5. The van der Waals surface area contributed by atoms with Crippen LogP contribution in [0.5, 0.6) is 0 Å². The maximum absolute atomic E-state index is 11.5. The Kier molecular flexibility index (Phi) is 33.6. The van der Waals surface area contributed by atoms with Crippen molar-refractivity contribution in [2.24, 2.45) is 17.8 Å². The molecule has 1 N–H and O–H groups in total. The van der Waals surface area contributed by atoms with E-state index in [2.05, 4.69) is 51.1 Å².